The number of nitrogens with two attached hydrogens (primary N) is 1. The summed E-state index contributed by atoms with van der Waals surface area (Å²) < 4.78 is 10.7. The highest BCUT2D eigenvalue weighted by molar-refractivity contribution is 5.85. The monoisotopic (exact) mass is 399 g/mol. The Bertz CT molecular complexity index is 1210. The maximum absolute atomic E-state index is 6.10. The minimum Gasteiger partial charge on any atom is -0.493 e. The van der Waals surface area contributed by atoms with E-state index in [0.29, 0.717) is 40.7 Å². The molecule has 0 spiro atoms. The molecule has 4 aromatic rings. The van der Waals surface area contributed by atoms with Crippen LogP contribution in [0.3, 0.4) is 0 Å². The molecule has 2 heterocycles. The first-order chi connectivity index (χ1) is 14.7. The molecule has 0 aliphatic rings. The molecular weight excluding hydrogens is 378 g/mol. The Labute approximate surface area is 174 Å². The summed E-state index contributed by atoms with van der Waals surface area (Å²) in [4.78, 5) is 18.0. The lowest BCUT2D eigenvalue weighted by molar-refractivity contribution is 0.355. The van der Waals surface area contributed by atoms with Gasteiger partial charge in [0, 0.05) is 12.0 Å². The maximum atomic E-state index is 6.10. The Morgan fingerprint density at radius 2 is 1.73 bits per heavy atom. The zero-order valence-electron chi connectivity index (χ0n) is 16.7. The van der Waals surface area contributed by atoms with Crippen molar-refractivity contribution in [1.29, 1.82) is 0 Å². The molecule has 0 fully saturated rings. The van der Waals surface area contributed by atoms with E-state index in [2.05, 4.69) is 19.9 Å². The van der Waals surface area contributed by atoms with Gasteiger partial charge in [-0.2, -0.15) is 0 Å². The standard InChI is InChI=1S/C23H21N5O2/c1-29-19-11-8-16(13-20(19)30-2)17-9-10-18-23(26-17)28-22(14-25-18)27-21(24)12-15-6-4-3-5-7-15/h3-11,13-14H,12H2,1-2H3,(H2,24,26,27,28). The van der Waals surface area contributed by atoms with E-state index in [1.165, 1.54) is 0 Å². The molecule has 0 aliphatic heterocycles. The van der Waals surface area contributed by atoms with E-state index >= 15 is 0 Å². The normalized spacial score (nSPS) is 11.5. The predicted molar refractivity (Wildman–Crippen MR) is 117 cm³/mol. The van der Waals surface area contributed by atoms with Gasteiger partial charge in [-0.3, -0.25) is 0 Å². The third-order valence-electron chi connectivity index (χ3n) is 4.56. The molecule has 0 radical (unpaired) electrons. The van der Waals surface area contributed by atoms with Crippen LogP contribution in [0.4, 0.5) is 5.82 Å². The van der Waals surface area contributed by atoms with Crippen molar-refractivity contribution in [3.8, 4) is 22.8 Å². The van der Waals surface area contributed by atoms with E-state index in [4.69, 9.17) is 15.2 Å². The van der Waals surface area contributed by atoms with Crippen molar-refractivity contribution in [2.75, 3.05) is 14.2 Å². The fraction of sp³-hybridized carbons (Fsp3) is 0.130. The minimum atomic E-state index is 0.424. The lowest BCUT2D eigenvalue weighted by Gasteiger charge is -2.09. The summed E-state index contributed by atoms with van der Waals surface area (Å²) in [5.41, 5.74) is 9.99. The van der Waals surface area contributed by atoms with E-state index in [1.54, 1.807) is 20.4 Å². The smallest absolute Gasteiger partial charge is 0.180 e. The predicted octanol–water partition coefficient (Wildman–Crippen LogP) is 3.94. The minimum absolute atomic E-state index is 0.424. The van der Waals surface area contributed by atoms with Crippen molar-refractivity contribution in [3.05, 3.63) is 72.4 Å². The average molecular weight is 399 g/mol. The van der Waals surface area contributed by atoms with Gasteiger partial charge in [-0.15, -0.1) is 0 Å². The molecule has 30 heavy (non-hydrogen) atoms. The third-order valence-corrected chi connectivity index (χ3v) is 4.56. The van der Waals surface area contributed by atoms with Crippen LogP contribution in [0.1, 0.15) is 5.56 Å². The number of hydrogen-bond donors (Lipinski definition) is 1. The van der Waals surface area contributed by atoms with E-state index in [-0.39, 0.29) is 0 Å². The van der Waals surface area contributed by atoms with Crippen LogP contribution in [0.2, 0.25) is 0 Å². The molecule has 7 nitrogen and oxygen atoms in total. The Morgan fingerprint density at radius 3 is 2.50 bits per heavy atom. The second-order valence-electron chi connectivity index (χ2n) is 6.60. The second-order valence-corrected chi connectivity index (χ2v) is 6.60. The molecule has 0 saturated carbocycles. The quantitative estimate of drug-likeness (QED) is 0.390. The molecule has 7 heteroatoms. The number of rotatable bonds is 6. The van der Waals surface area contributed by atoms with Crippen molar-refractivity contribution in [1.82, 2.24) is 15.0 Å². The largest absolute Gasteiger partial charge is 0.493 e. The van der Waals surface area contributed by atoms with Crippen LogP contribution >= 0.6 is 0 Å². The molecule has 0 unspecified atom stereocenters. The number of fused-ring (bicyclic) bond motifs is 1. The molecule has 0 bridgehead atoms. The fourth-order valence-corrected chi connectivity index (χ4v) is 3.09. The molecular formula is C23H21N5O2. The van der Waals surface area contributed by atoms with E-state index in [1.807, 2.05) is 60.7 Å². The van der Waals surface area contributed by atoms with Crippen LogP contribution in [0.5, 0.6) is 11.5 Å². The summed E-state index contributed by atoms with van der Waals surface area (Å²) in [5, 5.41) is 0. The highest BCUT2D eigenvalue weighted by Gasteiger charge is 2.09. The number of ether oxygens (including phenoxy) is 2. The third kappa shape index (κ3) is 4.20. The van der Waals surface area contributed by atoms with Gasteiger partial charge in [0.05, 0.1) is 26.1 Å². The first-order valence-corrected chi connectivity index (χ1v) is 9.39. The molecule has 0 saturated heterocycles. The number of aliphatic imine (C=N–C) groups is 1. The summed E-state index contributed by atoms with van der Waals surface area (Å²) in [5.74, 6) is 2.18. The van der Waals surface area contributed by atoms with E-state index in [0.717, 1.165) is 16.8 Å². The van der Waals surface area contributed by atoms with Gasteiger partial charge in [-0.25, -0.2) is 19.9 Å². The SMILES string of the molecule is COc1ccc(-c2ccc3ncc(N=C(N)Cc4ccccc4)nc3n2)cc1OC. The van der Waals surface area contributed by atoms with Crippen LogP contribution in [-0.4, -0.2) is 35.0 Å². The van der Waals surface area contributed by atoms with Crippen LogP contribution in [-0.2, 0) is 6.42 Å². The van der Waals surface area contributed by atoms with Gasteiger partial charge < -0.3 is 15.2 Å². The molecule has 0 atom stereocenters. The first-order valence-electron chi connectivity index (χ1n) is 9.39. The number of benzene rings is 2. The fourth-order valence-electron chi connectivity index (χ4n) is 3.09. The van der Waals surface area contributed by atoms with Crippen LogP contribution in [0.15, 0.2) is 71.9 Å². The maximum Gasteiger partial charge on any atom is 0.180 e. The van der Waals surface area contributed by atoms with Crippen LogP contribution in [0, 0.1) is 0 Å². The summed E-state index contributed by atoms with van der Waals surface area (Å²) in [7, 11) is 3.21. The zero-order chi connectivity index (χ0) is 20.9. The number of hydrogen-bond acceptors (Lipinski definition) is 6. The number of nitrogens with zero attached hydrogens (tertiary/aromatic N) is 4. The van der Waals surface area contributed by atoms with Crippen LogP contribution < -0.4 is 15.2 Å². The molecule has 0 amide bonds. The summed E-state index contributed by atoms with van der Waals surface area (Å²) in [6.07, 6.45) is 2.14. The Hall–Kier alpha value is -4.00. The highest BCUT2D eigenvalue weighted by atomic mass is 16.5. The topological polar surface area (TPSA) is 95.5 Å². The summed E-state index contributed by atoms with van der Waals surface area (Å²) in [6.45, 7) is 0. The Balaban J connectivity index is 1.65. The highest BCUT2D eigenvalue weighted by Crippen LogP contribution is 2.32. The molecule has 150 valence electrons. The van der Waals surface area contributed by atoms with Gasteiger partial charge in [-0.1, -0.05) is 30.3 Å². The van der Waals surface area contributed by atoms with Crippen LogP contribution in [0.25, 0.3) is 22.4 Å². The molecule has 2 N–H and O–H groups in total. The van der Waals surface area contributed by atoms with E-state index < -0.39 is 0 Å². The first kappa shape index (κ1) is 19.3. The van der Waals surface area contributed by atoms with Crippen molar-refractivity contribution in [2.45, 2.75) is 6.42 Å². The van der Waals surface area contributed by atoms with Gasteiger partial charge in [0.15, 0.2) is 23.0 Å². The summed E-state index contributed by atoms with van der Waals surface area (Å²) in [6, 6.07) is 19.3. The average Bonchev–Trinajstić information content (AvgIpc) is 2.78. The number of amidine groups is 1. The number of methoxy groups -OCH3 is 2. The van der Waals surface area contributed by atoms with Gasteiger partial charge in [0.25, 0.3) is 0 Å². The lowest BCUT2D eigenvalue weighted by atomic mass is 10.1. The zero-order valence-corrected chi connectivity index (χ0v) is 16.7. The van der Waals surface area contributed by atoms with Gasteiger partial charge in [-0.05, 0) is 35.9 Å². The summed E-state index contributed by atoms with van der Waals surface area (Å²) >= 11 is 0. The molecule has 2 aromatic carbocycles. The number of pyridine rings is 1. The Morgan fingerprint density at radius 1 is 0.933 bits per heavy atom. The Kier molecular flexibility index (Phi) is 5.52. The van der Waals surface area contributed by atoms with Crippen molar-refractivity contribution in [2.24, 2.45) is 10.7 Å². The lowest BCUT2D eigenvalue weighted by Crippen LogP contribution is -2.14. The number of aromatic nitrogens is 3. The van der Waals surface area contributed by atoms with Crippen molar-refractivity contribution in [3.63, 3.8) is 0 Å². The van der Waals surface area contributed by atoms with Gasteiger partial charge in [0.2, 0.25) is 0 Å². The van der Waals surface area contributed by atoms with Gasteiger partial charge in [0.1, 0.15) is 11.4 Å². The second kappa shape index (κ2) is 8.57. The van der Waals surface area contributed by atoms with Crippen molar-refractivity contribution < 1.29 is 9.47 Å². The molecule has 0 aliphatic carbocycles. The van der Waals surface area contributed by atoms with Gasteiger partial charge >= 0.3 is 0 Å². The molecule has 4 rings (SSSR count). The molecule has 2 aromatic heterocycles. The van der Waals surface area contributed by atoms with Crippen molar-refractivity contribution >= 4 is 22.8 Å². The van der Waals surface area contributed by atoms with E-state index in [9.17, 15) is 0 Å².